The molecule has 2 aromatic carbocycles. The first-order valence-corrected chi connectivity index (χ1v) is 9.68. The average Bonchev–Trinajstić information content (AvgIpc) is 3.21. The summed E-state index contributed by atoms with van der Waals surface area (Å²) in [6.45, 7) is 0.421. The molecule has 2 aromatic heterocycles. The summed E-state index contributed by atoms with van der Waals surface area (Å²) in [5.41, 5.74) is 0.183. The molecule has 0 aliphatic rings. The van der Waals surface area contributed by atoms with Crippen LogP contribution >= 0.6 is 12.2 Å². The molecular weight excluding hydrogens is 418 g/mol. The highest BCUT2D eigenvalue weighted by atomic mass is 32.1. The number of nitrogens with one attached hydrogen (secondary N) is 1. The molecule has 4 aromatic rings. The van der Waals surface area contributed by atoms with Crippen molar-refractivity contribution in [1.29, 1.82) is 0 Å². The molecule has 31 heavy (non-hydrogen) atoms. The van der Waals surface area contributed by atoms with Crippen LogP contribution in [0, 0.1) is 4.77 Å². The van der Waals surface area contributed by atoms with E-state index in [1.807, 2.05) is 60.7 Å². The highest BCUT2D eigenvalue weighted by Gasteiger charge is 2.18. The summed E-state index contributed by atoms with van der Waals surface area (Å²) < 4.78 is 7.45. The number of azo groups is 1. The number of hydrogen-bond acceptors (Lipinski definition) is 7. The Balaban J connectivity index is 1.86. The highest BCUT2D eigenvalue weighted by Crippen LogP contribution is 2.25. The van der Waals surface area contributed by atoms with E-state index >= 15 is 0 Å². The van der Waals surface area contributed by atoms with Gasteiger partial charge >= 0.3 is 5.63 Å². The number of aromatic amines is 1. The molecule has 0 saturated carbocycles. The van der Waals surface area contributed by atoms with E-state index in [9.17, 15) is 14.7 Å². The monoisotopic (exact) mass is 435 g/mol. The van der Waals surface area contributed by atoms with Crippen LogP contribution in [0.1, 0.15) is 11.1 Å². The van der Waals surface area contributed by atoms with Gasteiger partial charge < -0.3 is 9.63 Å². The second kappa shape index (κ2) is 8.76. The van der Waals surface area contributed by atoms with E-state index in [1.54, 1.807) is 0 Å². The van der Waals surface area contributed by atoms with Crippen LogP contribution in [0.25, 0.3) is 0 Å². The van der Waals surface area contributed by atoms with Crippen molar-refractivity contribution in [1.82, 2.24) is 14.3 Å². The van der Waals surface area contributed by atoms with Crippen LogP contribution in [0.15, 0.2) is 91.1 Å². The van der Waals surface area contributed by atoms with Gasteiger partial charge in [0, 0.05) is 0 Å². The van der Waals surface area contributed by atoms with E-state index in [0.717, 1.165) is 17.2 Å². The normalized spacial score (nSPS) is 11.2. The molecule has 4 rings (SSSR count). The summed E-state index contributed by atoms with van der Waals surface area (Å²) >= 11 is 5.54. The lowest BCUT2D eigenvalue weighted by Gasteiger charge is -2.16. The molecule has 0 bridgehead atoms. The maximum atomic E-state index is 13.1. The van der Waals surface area contributed by atoms with E-state index in [4.69, 9.17) is 12.2 Å². The van der Waals surface area contributed by atoms with E-state index in [-0.39, 0.29) is 29.4 Å². The molecule has 0 fully saturated rings. The van der Waals surface area contributed by atoms with Crippen molar-refractivity contribution in [2.45, 2.75) is 13.1 Å². The van der Waals surface area contributed by atoms with Gasteiger partial charge in [-0.2, -0.15) is 5.16 Å². The predicted molar refractivity (Wildman–Crippen MR) is 116 cm³/mol. The van der Waals surface area contributed by atoms with Gasteiger partial charge in [-0.3, -0.25) is 13.9 Å². The molecule has 0 amide bonds. The Bertz CT molecular complexity index is 1400. The quantitative estimate of drug-likeness (QED) is 0.352. The minimum Gasteiger partial charge on any atom is -0.493 e. The zero-order chi connectivity index (χ0) is 21.8. The van der Waals surface area contributed by atoms with Crippen molar-refractivity contribution < 1.29 is 9.63 Å². The largest absolute Gasteiger partial charge is 0.493 e. The molecule has 0 unspecified atom stereocenters. The number of rotatable bonds is 6. The van der Waals surface area contributed by atoms with Gasteiger partial charge in [0.25, 0.3) is 5.56 Å². The summed E-state index contributed by atoms with van der Waals surface area (Å²) in [5.74, 6) is -0.409. The Morgan fingerprint density at radius 2 is 1.48 bits per heavy atom. The lowest BCUT2D eigenvalue weighted by molar-refractivity contribution is 0.392. The van der Waals surface area contributed by atoms with Gasteiger partial charge in [0.05, 0.1) is 19.2 Å². The average molecular weight is 435 g/mol. The number of hydrogen-bond donors (Lipinski definition) is 2. The number of aromatic hydroxyl groups is 1. The van der Waals surface area contributed by atoms with E-state index in [1.165, 1.54) is 9.13 Å². The first-order chi connectivity index (χ1) is 15.0. The standard InChI is InChI=1S/C21H17N5O4S/c27-17-11-16(24-30-17)22-23-18-19(28)25(12-14-7-3-1-4-8-14)21(31)26(20(18)29)13-15-9-5-2-6-10-15/h1-11,24,28H,12-13H2. The summed E-state index contributed by atoms with van der Waals surface area (Å²) in [6.07, 6.45) is 0. The highest BCUT2D eigenvalue weighted by molar-refractivity contribution is 7.71. The Kier molecular flexibility index (Phi) is 5.72. The van der Waals surface area contributed by atoms with Crippen LogP contribution in [0.4, 0.5) is 11.5 Å². The van der Waals surface area contributed by atoms with Crippen molar-refractivity contribution in [2.24, 2.45) is 10.2 Å². The van der Waals surface area contributed by atoms with Gasteiger partial charge in [0.2, 0.25) is 11.6 Å². The number of aromatic nitrogens is 3. The van der Waals surface area contributed by atoms with Gasteiger partial charge in [0.15, 0.2) is 10.6 Å². The summed E-state index contributed by atoms with van der Waals surface area (Å²) in [4.78, 5) is 24.3. The van der Waals surface area contributed by atoms with E-state index < -0.39 is 17.1 Å². The summed E-state index contributed by atoms with van der Waals surface area (Å²) in [5, 5.41) is 20.8. The zero-order valence-electron chi connectivity index (χ0n) is 16.1. The van der Waals surface area contributed by atoms with Gasteiger partial charge in [-0.1, -0.05) is 60.7 Å². The van der Waals surface area contributed by atoms with Crippen LogP contribution < -0.4 is 11.2 Å². The molecule has 0 spiro atoms. The predicted octanol–water partition coefficient (Wildman–Crippen LogP) is 3.88. The number of benzene rings is 2. The fourth-order valence-electron chi connectivity index (χ4n) is 3.00. The molecule has 2 N–H and O–H groups in total. The topological polar surface area (TPSA) is 118 Å². The van der Waals surface area contributed by atoms with Crippen LogP contribution in [0.3, 0.4) is 0 Å². The van der Waals surface area contributed by atoms with Crippen LogP contribution in [0.2, 0.25) is 0 Å². The van der Waals surface area contributed by atoms with Crippen molar-refractivity contribution >= 4 is 23.7 Å². The van der Waals surface area contributed by atoms with Crippen LogP contribution in [-0.2, 0) is 13.1 Å². The Labute approximate surface area is 180 Å². The van der Waals surface area contributed by atoms with Crippen molar-refractivity contribution in [2.75, 3.05) is 0 Å². The molecule has 0 saturated heterocycles. The molecule has 9 nitrogen and oxygen atoms in total. The summed E-state index contributed by atoms with van der Waals surface area (Å²) in [7, 11) is 0. The minimum absolute atomic E-state index is 0.00969. The Hall–Kier alpha value is -4.05. The van der Waals surface area contributed by atoms with Gasteiger partial charge in [0.1, 0.15) is 0 Å². The Morgan fingerprint density at radius 3 is 2.03 bits per heavy atom. The lowest BCUT2D eigenvalue weighted by atomic mass is 10.2. The second-order valence-corrected chi connectivity index (χ2v) is 7.02. The minimum atomic E-state index is -0.639. The van der Waals surface area contributed by atoms with Crippen LogP contribution in [-0.4, -0.2) is 19.4 Å². The van der Waals surface area contributed by atoms with Crippen molar-refractivity contribution in [3.05, 3.63) is 103 Å². The third-order valence-corrected chi connectivity index (χ3v) is 4.95. The fraction of sp³-hybridized carbons (Fsp3) is 0.0952. The SMILES string of the molecule is O=c1cc(N=Nc2c(O)n(Cc3ccccc3)c(=S)n(Cc3ccccc3)c2=O)[nH]o1. The fourth-order valence-corrected chi connectivity index (χ4v) is 3.30. The van der Waals surface area contributed by atoms with Gasteiger partial charge in [-0.05, 0) is 23.3 Å². The van der Waals surface area contributed by atoms with Gasteiger partial charge in [-0.25, -0.2) is 4.79 Å². The lowest BCUT2D eigenvalue weighted by Crippen LogP contribution is -2.25. The molecule has 0 aliphatic carbocycles. The molecule has 10 heteroatoms. The van der Waals surface area contributed by atoms with Crippen LogP contribution in [0.5, 0.6) is 5.88 Å². The Morgan fingerprint density at radius 1 is 0.903 bits per heavy atom. The first-order valence-electron chi connectivity index (χ1n) is 9.27. The van der Waals surface area contributed by atoms with Crippen molar-refractivity contribution in [3.63, 3.8) is 0 Å². The van der Waals surface area contributed by atoms with Gasteiger partial charge in [-0.15, -0.1) is 10.2 Å². The summed E-state index contributed by atoms with van der Waals surface area (Å²) in [6, 6.07) is 19.8. The molecule has 156 valence electrons. The molecule has 2 heterocycles. The van der Waals surface area contributed by atoms with Crippen molar-refractivity contribution in [3.8, 4) is 5.88 Å². The maximum absolute atomic E-state index is 13.1. The molecule has 0 aliphatic heterocycles. The first kappa shape index (κ1) is 20.2. The number of H-pyrrole nitrogens is 1. The maximum Gasteiger partial charge on any atom is 0.359 e. The number of nitrogens with zero attached hydrogens (tertiary/aromatic N) is 4. The second-order valence-electron chi connectivity index (χ2n) is 6.66. The zero-order valence-corrected chi connectivity index (χ0v) is 17.0. The van der Waals surface area contributed by atoms with E-state index in [2.05, 4.69) is 19.9 Å². The third kappa shape index (κ3) is 4.43. The van der Waals surface area contributed by atoms with E-state index in [0.29, 0.717) is 0 Å². The smallest absolute Gasteiger partial charge is 0.359 e. The molecule has 0 radical (unpaired) electrons. The molecule has 0 atom stereocenters. The third-order valence-electron chi connectivity index (χ3n) is 4.51. The molecular formula is C21H17N5O4S.